The summed E-state index contributed by atoms with van der Waals surface area (Å²) in [5.74, 6) is -0.00587. The van der Waals surface area contributed by atoms with Gasteiger partial charge in [0.2, 0.25) is 0 Å². The van der Waals surface area contributed by atoms with Gasteiger partial charge in [-0.05, 0) is 32.9 Å². The summed E-state index contributed by atoms with van der Waals surface area (Å²) >= 11 is 0. The molecule has 2 heterocycles. The van der Waals surface area contributed by atoms with Crippen molar-refractivity contribution in [1.29, 1.82) is 0 Å². The van der Waals surface area contributed by atoms with Crippen LogP contribution in [0.2, 0.25) is 0 Å². The zero-order valence-electron chi connectivity index (χ0n) is 11.2. The lowest BCUT2D eigenvalue weighted by atomic mass is 10.2. The number of esters is 1. The van der Waals surface area contributed by atoms with Crippen LogP contribution in [0.15, 0.2) is 24.4 Å². The van der Waals surface area contributed by atoms with Crippen molar-refractivity contribution < 1.29 is 9.53 Å². The lowest BCUT2D eigenvalue weighted by molar-refractivity contribution is 0.0518. The van der Waals surface area contributed by atoms with Gasteiger partial charge in [-0.3, -0.25) is 0 Å². The minimum absolute atomic E-state index is 0.287. The Balaban J connectivity index is 2.44. The molecule has 2 aromatic heterocycles. The number of aryl methyl sites for hydroxylation is 2. The lowest BCUT2D eigenvalue weighted by Crippen LogP contribution is -2.11. The normalized spacial score (nSPS) is 10.3. The molecule has 98 valence electrons. The summed E-state index contributed by atoms with van der Waals surface area (Å²) in [5, 5.41) is 0. The van der Waals surface area contributed by atoms with Crippen molar-refractivity contribution in [2.75, 3.05) is 6.61 Å². The summed E-state index contributed by atoms with van der Waals surface area (Å²) in [5.41, 5.74) is 2.50. The number of rotatable bonds is 3. The summed E-state index contributed by atoms with van der Waals surface area (Å²) in [6, 6.07) is 5.58. The van der Waals surface area contributed by atoms with E-state index in [-0.39, 0.29) is 5.69 Å². The van der Waals surface area contributed by atoms with Crippen molar-refractivity contribution >= 4 is 5.97 Å². The second kappa shape index (κ2) is 5.56. The summed E-state index contributed by atoms with van der Waals surface area (Å²) in [7, 11) is 0. The number of pyridine rings is 1. The van der Waals surface area contributed by atoms with Gasteiger partial charge in [-0.25, -0.2) is 19.7 Å². The van der Waals surface area contributed by atoms with Gasteiger partial charge < -0.3 is 4.74 Å². The molecule has 0 aromatic carbocycles. The highest BCUT2D eigenvalue weighted by Crippen LogP contribution is 2.15. The van der Waals surface area contributed by atoms with Gasteiger partial charge in [-0.15, -0.1) is 0 Å². The number of hydrogen-bond donors (Lipinski definition) is 0. The van der Waals surface area contributed by atoms with Crippen molar-refractivity contribution in [3.8, 4) is 11.5 Å². The van der Waals surface area contributed by atoms with E-state index in [2.05, 4.69) is 15.0 Å². The van der Waals surface area contributed by atoms with Gasteiger partial charge in [0.15, 0.2) is 11.5 Å². The van der Waals surface area contributed by atoms with Crippen molar-refractivity contribution in [2.24, 2.45) is 0 Å². The third-order valence-electron chi connectivity index (χ3n) is 2.56. The fraction of sp³-hybridized carbons (Fsp3) is 0.286. The number of carbonyl (C=O) groups excluding carboxylic acids is 1. The van der Waals surface area contributed by atoms with E-state index in [1.807, 2.05) is 25.1 Å². The first kappa shape index (κ1) is 13.1. The maximum Gasteiger partial charge on any atom is 0.357 e. The first-order valence-corrected chi connectivity index (χ1v) is 6.06. The van der Waals surface area contributed by atoms with Crippen molar-refractivity contribution in [1.82, 2.24) is 15.0 Å². The maximum absolute atomic E-state index is 11.8. The largest absolute Gasteiger partial charge is 0.461 e. The number of carbonyl (C=O) groups is 1. The Morgan fingerprint density at radius 1 is 1.26 bits per heavy atom. The van der Waals surface area contributed by atoms with Gasteiger partial charge in [0.25, 0.3) is 0 Å². The summed E-state index contributed by atoms with van der Waals surface area (Å²) < 4.78 is 4.97. The van der Waals surface area contributed by atoms with Crippen LogP contribution in [-0.2, 0) is 4.74 Å². The highest BCUT2D eigenvalue weighted by atomic mass is 16.5. The van der Waals surface area contributed by atoms with Crippen molar-refractivity contribution in [2.45, 2.75) is 20.8 Å². The van der Waals surface area contributed by atoms with Gasteiger partial charge in [-0.1, -0.05) is 6.07 Å². The van der Waals surface area contributed by atoms with Crippen LogP contribution in [0.5, 0.6) is 0 Å². The fourth-order valence-corrected chi connectivity index (χ4v) is 1.64. The molecule has 0 fully saturated rings. The zero-order chi connectivity index (χ0) is 13.8. The molecule has 0 bridgehead atoms. The van der Waals surface area contributed by atoms with Crippen LogP contribution in [0.4, 0.5) is 0 Å². The molecule has 0 amide bonds. The smallest absolute Gasteiger partial charge is 0.357 e. The van der Waals surface area contributed by atoms with E-state index in [0.717, 1.165) is 5.69 Å². The Hall–Kier alpha value is -2.30. The zero-order valence-corrected chi connectivity index (χ0v) is 11.2. The molecule has 0 spiro atoms. The molecule has 0 radical (unpaired) electrons. The fourth-order valence-electron chi connectivity index (χ4n) is 1.64. The van der Waals surface area contributed by atoms with Crippen molar-refractivity contribution in [3.05, 3.63) is 41.3 Å². The van der Waals surface area contributed by atoms with Crippen LogP contribution in [0.25, 0.3) is 11.5 Å². The molecule has 0 saturated heterocycles. The molecule has 19 heavy (non-hydrogen) atoms. The molecule has 0 atom stereocenters. The third-order valence-corrected chi connectivity index (χ3v) is 2.56. The van der Waals surface area contributed by atoms with Crippen LogP contribution in [-0.4, -0.2) is 27.5 Å². The second-order valence-corrected chi connectivity index (χ2v) is 4.11. The minimum Gasteiger partial charge on any atom is -0.461 e. The van der Waals surface area contributed by atoms with Gasteiger partial charge in [0.1, 0.15) is 5.69 Å². The molecule has 0 aliphatic heterocycles. The maximum atomic E-state index is 11.8. The Bertz CT molecular complexity index is 611. The Morgan fingerprint density at radius 2 is 2.05 bits per heavy atom. The van der Waals surface area contributed by atoms with E-state index in [1.54, 1.807) is 20.0 Å². The van der Waals surface area contributed by atoms with E-state index >= 15 is 0 Å². The van der Waals surface area contributed by atoms with Crippen LogP contribution in [0.1, 0.15) is 28.7 Å². The van der Waals surface area contributed by atoms with Crippen LogP contribution >= 0.6 is 0 Å². The highest BCUT2D eigenvalue weighted by Gasteiger charge is 2.14. The molecule has 2 rings (SSSR count). The molecule has 2 aromatic rings. The first-order valence-electron chi connectivity index (χ1n) is 6.06. The molecule has 0 unspecified atom stereocenters. The van der Waals surface area contributed by atoms with Crippen LogP contribution in [0, 0.1) is 13.8 Å². The van der Waals surface area contributed by atoms with Crippen LogP contribution < -0.4 is 0 Å². The van der Waals surface area contributed by atoms with E-state index in [9.17, 15) is 4.79 Å². The minimum atomic E-state index is -0.434. The molecular weight excluding hydrogens is 242 g/mol. The van der Waals surface area contributed by atoms with Crippen LogP contribution in [0.3, 0.4) is 0 Å². The van der Waals surface area contributed by atoms with Gasteiger partial charge in [0, 0.05) is 17.5 Å². The molecule has 5 heteroatoms. The predicted octanol–water partition coefficient (Wildman–Crippen LogP) is 2.33. The molecular formula is C14H15N3O2. The van der Waals surface area contributed by atoms with E-state index in [1.165, 1.54) is 0 Å². The SMILES string of the molecule is CCOC(=O)c1nc(-c2cccc(C)n2)ncc1C. The number of aromatic nitrogens is 3. The first-order chi connectivity index (χ1) is 9.11. The standard InChI is InChI=1S/C14H15N3O2/c1-4-19-14(18)12-9(2)8-15-13(17-12)11-7-5-6-10(3)16-11/h5-8H,4H2,1-3H3. The second-order valence-electron chi connectivity index (χ2n) is 4.11. The monoisotopic (exact) mass is 257 g/mol. The molecule has 0 aliphatic rings. The van der Waals surface area contributed by atoms with Gasteiger partial charge in [0.05, 0.1) is 6.61 Å². The predicted molar refractivity (Wildman–Crippen MR) is 70.7 cm³/mol. The molecule has 0 N–H and O–H groups in total. The third kappa shape index (κ3) is 2.93. The number of hydrogen-bond acceptors (Lipinski definition) is 5. The molecule has 0 saturated carbocycles. The van der Waals surface area contributed by atoms with E-state index in [0.29, 0.717) is 23.7 Å². The van der Waals surface area contributed by atoms with Gasteiger partial charge >= 0.3 is 5.97 Å². The Kier molecular flexibility index (Phi) is 3.85. The van der Waals surface area contributed by atoms with E-state index < -0.39 is 5.97 Å². The lowest BCUT2D eigenvalue weighted by Gasteiger charge is -2.06. The topological polar surface area (TPSA) is 65.0 Å². The average Bonchev–Trinajstić information content (AvgIpc) is 2.39. The highest BCUT2D eigenvalue weighted by molar-refractivity contribution is 5.89. The quantitative estimate of drug-likeness (QED) is 0.789. The number of nitrogens with zero attached hydrogens (tertiary/aromatic N) is 3. The van der Waals surface area contributed by atoms with Crippen molar-refractivity contribution in [3.63, 3.8) is 0 Å². The molecule has 0 aliphatic carbocycles. The summed E-state index contributed by atoms with van der Waals surface area (Å²) in [6.07, 6.45) is 1.61. The van der Waals surface area contributed by atoms with Gasteiger partial charge in [-0.2, -0.15) is 0 Å². The average molecular weight is 257 g/mol. The number of ether oxygens (including phenoxy) is 1. The van der Waals surface area contributed by atoms with E-state index in [4.69, 9.17) is 4.74 Å². The Labute approximate surface area is 111 Å². The summed E-state index contributed by atoms with van der Waals surface area (Å²) in [4.78, 5) is 24.6. The Morgan fingerprint density at radius 3 is 2.74 bits per heavy atom. The molecule has 5 nitrogen and oxygen atoms in total. The summed E-state index contributed by atoms with van der Waals surface area (Å²) in [6.45, 7) is 5.75.